The van der Waals surface area contributed by atoms with Crippen molar-refractivity contribution in [2.45, 2.75) is 13.8 Å². The summed E-state index contributed by atoms with van der Waals surface area (Å²) < 4.78 is 3.50. The van der Waals surface area contributed by atoms with E-state index in [1.807, 2.05) is 97.1 Å². The fourth-order valence-electron chi connectivity index (χ4n) is 9.24. The van der Waals surface area contributed by atoms with Crippen LogP contribution in [0.4, 0.5) is 0 Å². The van der Waals surface area contributed by atoms with E-state index in [1.165, 1.54) is 0 Å². The molecule has 6 nitrogen and oxygen atoms in total. The van der Waals surface area contributed by atoms with E-state index in [2.05, 4.69) is 97.1 Å². The van der Waals surface area contributed by atoms with Gasteiger partial charge < -0.3 is 0 Å². The second-order valence-corrected chi connectivity index (χ2v) is 15.7. The van der Waals surface area contributed by atoms with Gasteiger partial charge in [-0.1, -0.05) is 188 Å². The van der Waals surface area contributed by atoms with Gasteiger partial charge in [0.2, 0.25) is 11.8 Å². The maximum atomic E-state index is 14.2. The van der Waals surface area contributed by atoms with Crippen LogP contribution in [0.2, 0.25) is 0 Å². The van der Waals surface area contributed by atoms with Crippen molar-refractivity contribution >= 4 is 54.9 Å². The lowest BCUT2D eigenvalue weighted by molar-refractivity contribution is 0.0931. The monoisotopic (exact) mass is 798 g/mol. The molecule has 9 aromatic carbocycles. The second-order valence-electron chi connectivity index (χ2n) is 15.7. The molecule has 0 saturated heterocycles. The first-order valence-electron chi connectivity index (χ1n) is 20.8. The summed E-state index contributed by atoms with van der Waals surface area (Å²) in [6, 6.07) is 65.7. The van der Waals surface area contributed by atoms with Gasteiger partial charge in [0.05, 0.1) is 22.8 Å². The molecule has 2 heterocycles. The lowest BCUT2D eigenvalue weighted by atomic mass is 9.96. The van der Waals surface area contributed by atoms with E-state index in [1.54, 1.807) is 23.0 Å². The van der Waals surface area contributed by atoms with E-state index in [9.17, 15) is 9.59 Å². The van der Waals surface area contributed by atoms with Gasteiger partial charge >= 0.3 is 0 Å². The third kappa shape index (κ3) is 5.95. The van der Waals surface area contributed by atoms with Crippen LogP contribution in [-0.2, 0) is 0 Å². The highest BCUT2D eigenvalue weighted by Gasteiger charge is 2.29. The Morgan fingerprint density at radius 3 is 1.00 bits per heavy atom. The Bertz CT molecular complexity index is 3360. The highest BCUT2D eigenvalue weighted by molar-refractivity contribution is 6.08. The van der Waals surface area contributed by atoms with Crippen LogP contribution in [-0.4, -0.2) is 30.9 Å². The van der Waals surface area contributed by atoms with Crippen LogP contribution < -0.4 is 0 Å². The smallest absolute Gasteiger partial charge is 0.229 e. The lowest BCUT2D eigenvalue weighted by Crippen LogP contribution is -2.11. The molecule has 0 aliphatic carbocycles. The SMILES string of the molecule is CC(=O)n1c(-c2cccc(-c3nc(-c4cccc5ccccc45)c(-c4cccc5ccccc45)n3C(C)=O)c2)nc(-c2cccc3ccccc23)c1-c1cccc2ccccc12. The predicted molar refractivity (Wildman–Crippen MR) is 253 cm³/mol. The largest absolute Gasteiger partial charge is 0.274 e. The summed E-state index contributed by atoms with van der Waals surface area (Å²) in [5.41, 5.74) is 7.92. The lowest BCUT2D eigenvalue weighted by Gasteiger charge is -2.14. The number of carbonyl (C=O) groups excluding carboxylic acids is 2. The molecule has 11 aromatic rings. The highest BCUT2D eigenvalue weighted by Crippen LogP contribution is 2.44. The Morgan fingerprint density at radius 2 is 0.645 bits per heavy atom. The average Bonchev–Trinajstić information content (AvgIpc) is 3.92. The number of benzene rings is 9. The Morgan fingerprint density at radius 1 is 0.355 bits per heavy atom. The summed E-state index contributed by atoms with van der Waals surface area (Å²) in [4.78, 5) is 39.3. The quantitative estimate of drug-likeness (QED) is 0.168. The maximum absolute atomic E-state index is 14.2. The highest BCUT2D eigenvalue weighted by atomic mass is 16.2. The van der Waals surface area contributed by atoms with Gasteiger partial charge in [0, 0.05) is 47.2 Å². The van der Waals surface area contributed by atoms with Crippen molar-refractivity contribution in [3.05, 3.63) is 194 Å². The van der Waals surface area contributed by atoms with E-state index < -0.39 is 0 Å². The van der Waals surface area contributed by atoms with E-state index in [-0.39, 0.29) is 11.8 Å². The third-order valence-corrected chi connectivity index (χ3v) is 11.9. The maximum Gasteiger partial charge on any atom is 0.229 e. The van der Waals surface area contributed by atoms with Crippen LogP contribution in [0.5, 0.6) is 0 Å². The average molecular weight is 799 g/mol. The molecule has 0 spiro atoms. The fourth-order valence-corrected chi connectivity index (χ4v) is 9.24. The van der Waals surface area contributed by atoms with Gasteiger partial charge in [-0.15, -0.1) is 0 Å². The Hall–Kier alpha value is -8.22. The summed E-state index contributed by atoms with van der Waals surface area (Å²) in [7, 11) is 0. The second kappa shape index (κ2) is 14.8. The molecule has 0 saturated carbocycles. The minimum absolute atomic E-state index is 0.172. The number of aromatic nitrogens is 4. The normalized spacial score (nSPS) is 11.5. The Balaban J connectivity index is 1.19. The third-order valence-electron chi connectivity index (χ3n) is 11.9. The number of hydrogen-bond acceptors (Lipinski definition) is 4. The van der Waals surface area contributed by atoms with Crippen LogP contribution in [0.3, 0.4) is 0 Å². The van der Waals surface area contributed by atoms with E-state index in [4.69, 9.17) is 9.97 Å². The number of fused-ring (bicyclic) bond motifs is 4. The molecule has 0 radical (unpaired) electrons. The van der Waals surface area contributed by atoms with Gasteiger partial charge in [-0.2, -0.15) is 0 Å². The molecule has 62 heavy (non-hydrogen) atoms. The zero-order chi connectivity index (χ0) is 41.9. The molecular formula is C56H38N4O2. The summed E-state index contributed by atoms with van der Waals surface area (Å²) >= 11 is 0. The zero-order valence-corrected chi connectivity index (χ0v) is 34.1. The van der Waals surface area contributed by atoms with Crippen LogP contribution >= 0.6 is 0 Å². The number of nitrogens with zero attached hydrogens (tertiary/aromatic N) is 4. The van der Waals surface area contributed by atoms with E-state index in [0.29, 0.717) is 45.6 Å². The van der Waals surface area contributed by atoms with Crippen molar-refractivity contribution < 1.29 is 9.59 Å². The van der Waals surface area contributed by atoms with Crippen molar-refractivity contribution in [3.8, 4) is 67.8 Å². The van der Waals surface area contributed by atoms with Crippen molar-refractivity contribution in [2.75, 3.05) is 0 Å². The molecule has 0 fully saturated rings. The Labute approximate surface area is 358 Å². The first-order valence-corrected chi connectivity index (χ1v) is 20.8. The summed E-state index contributed by atoms with van der Waals surface area (Å²) in [6.07, 6.45) is 0. The molecule has 0 atom stereocenters. The summed E-state index contributed by atoms with van der Waals surface area (Å²) in [5.74, 6) is 0.646. The molecule has 0 bridgehead atoms. The number of carbonyl (C=O) groups is 2. The van der Waals surface area contributed by atoms with Crippen molar-refractivity contribution in [2.24, 2.45) is 0 Å². The predicted octanol–water partition coefficient (Wildman–Crippen LogP) is 14.0. The molecular weight excluding hydrogens is 761 g/mol. The number of imidazole rings is 2. The van der Waals surface area contributed by atoms with E-state index >= 15 is 0 Å². The first kappa shape index (κ1) is 36.8. The van der Waals surface area contributed by atoms with Gasteiger partial charge in [-0.25, -0.2) is 9.97 Å². The molecule has 0 amide bonds. The molecule has 0 unspecified atom stereocenters. The van der Waals surface area contributed by atoms with Gasteiger partial charge in [-0.3, -0.25) is 18.7 Å². The first-order chi connectivity index (χ1) is 30.4. The fraction of sp³-hybridized carbons (Fsp3) is 0.0357. The zero-order valence-electron chi connectivity index (χ0n) is 34.1. The summed E-state index contributed by atoms with van der Waals surface area (Å²) in [6.45, 7) is 3.18. The summed E-state index contributed by atoms with van der Waals surface area (Å²) in [5, 5.41) is 8.40. The minimum atomic E-state index is -0.172. The molecule has 0 N–H and O–H groups in total. The topological polar surface area (TPSA) is 69.8 Å². The van der Waals surface area contributed by atoms with Crippen molar-refractivity contribution in [1.29, 1.82) is 0 Å². The molecule has 11 rings (SSSR count). The standard InChI is InChI=1S/C56H38N4O2/c1-35(61)59-53(49-32-14-22-39-18-5-9-28-45(39)49)51(47-30-12-20-37-16-3-7-26-43(37)47)57-55(59)41-24-11-25-42(34-41)56-58-52(48-31-13-21-38-17-4-8-27-44(38)48)54(60(56)36(2)62)50-33-15-23-40-19-6-10-29-46(40)50/h3-34H,1-2H3. The van der Waals surface area contributed by atoms with Gasteiger partial charge in [0.1, 0.15) is 11.6 Å². The van der Waals surface area contributed by atoms with Crippen molar-refractivity contribution in [1.82, 2.24) is 19.1 Å². The van der Waals surface area contributed by atoms with Crippen LogP contribution in [0.1, 0.15) is 23.4 Å². The van der Waals surface area contributed by atoms with Crippen LogP contribution in [0.15, 0.2) is 194 Å². The molecule has 6 heteroatoms. The number of rotatable bonds is 6. The Kier molecular flexibility index (Phi) is 8.79. The number of hydrogen-bond donors (Lipinski definition) is 0. The van der Waals surface area contributed by atoms with Crippen LogP contribution in [0.25, 0.3) is 111 Å². The molecule has 0 aliphatic heterocycles. The molecule has 2 aromatic heterocycles. The molecule has 0 aliphatic rings. The van der Waals surface area contributed by atoms with Crippen LogP contribution in [0, 0.1) is 0 Å². The van der Waals surface area contributed by atoms with Gasteiger partial charge in [0.25, 0.3) is 0 Å². The minimum Gasteiger partial charge on any atom is -0.274 e. The van der Waals surface area contributed by atoms with Gasteiger partial charge in [-0.05, 0) is 49.2 Å². The van der Waals surface area contributed by atoms with Crippen molar-refractivity contribution in [3.63, 3.8) is 0 Å². The van der Waals surface area contributed by atoms with E-state index in [0.717, 1.165) is 65.3 Å². The van der Waals surface area contributed by atoms with Gasteiger partial charge in [0.15, 0.2) is 0 Å². The molecule has 294 valence electrons.